The SMILES string of the molecule is Cn1c(=O)oc2ccc(CC3COCCN3)cc21. The first-order chi connectivity index (χ1) is 8.74. The van der Waals surface area contributed by atoms with E-state index in [0.717, 1.165) is 31.7 Å². The van der Waals surface area contributed by atoms with Crippen LogP contribution in [0.3, 0.4) is 0 Å². The lowest BCUT2D eigenvalue weighted by molar-refractivity contribution is 0.0770. The maximum absolute atomic E-state index is 11.4. The lowest BCUT2D eigenvalue weighted by atomic mass is 10.1. The molecule has 0 aliphatic carbocycles. The van der Waals surface area contributed by atoms with Crippen molar-refractivity contribution in [1.29, 1.82) is 0 Å². The van der Waals surface area contributed by atoms with Gasteiger partial charge in [-0.1, -0.05) is 6.07 Å². The summed E-state index contributed by atoms with van der Waals surface area (Å²) in [6.07, 6.45) is 0.898. The quantitative estimate of drug-likeness (QED) is 0.848. The molecule has 0 radical (unpaired) electrons. The van der Waals surface area contributed by atoms with Crippen LogP contribution in [0.4, 0.5) is 0 Å². The summed E-state index contributed by atoms with van der Waals surface area (Å²) in [7, 11) is 1.72. The van der Waals surface area contributed by atoms with Gasteiger partial charge in [0.25, 0.3) is 0 Å². The number of nitrogens with zero attached hydrogens (tertiary/aromatic N) is 1. The van der Waals surface area contributed by atoms with E-state index in [1.807, 2.05) is 18.2 Å². The molecule has 5 heteroatoms. The molecule has 1 fully saturated rings. The van der Waals surface area contributed by atoms with E-state index in [0.29, 0.717) is 11.6 Å². The molecule has 1 saturated heterocycles. The van der Waals surface area contributed by atoms with Crippen molar-refractivity contribution >= 4 is 11.1 Å². The van der Waals surface area contributed by atoms with Crippen LogP contribution in [-0.4, -0.2) is 30.4 Å². The molecule has 2 heterocycles. The van der Waals surface area contributed by atoms with Gasteiger partial charge < -0.3 is 14.5 Å². The van der Waals surface area contributed by atoms with Crippen molar-refractivity contribution in [1.82, 2.24) is 9.88 Å². The second kappa shape index (κ2) is 4.59. The van der Waals surface area contributed by atoms with Crippen molar-refractivity contribution < 1.29 is 9.15 Å². The summed E-state index contributed by atoms with van der Waals surface area (Å²) in [6.45, 7) is 2.42. The van der Waals surface area contributed by atoms with Crippen molar-refractivity contribution in [3.05, 3.63) is 34.3 Å². The zero-order chi connectivity index (χ0) is 12.5. The highest BCUT2D eigenvalue weighted by Gasteiger charge is 2.14. The van der Waals surface area contributed by atoms with Gasteiger partial charge in [-0.3, -0.25) is 4.57 Å². The zero-order valence-corrected chi connectivity index (χ0v) is 10.3. The average Bonchev–Trinajstić information content (AvgIpc) is 2.67. The maximum atomic E-state index is 11.4. The lowest BCUT2D eigenvalue weighted by Gasteiger charge is -2.23. The Bertz CT molecular complexity index is 608. The minimum Gasteiger partial charge on any atom is -0.408 e. The molecule has 1 aromatic heterocycles. The monoisotopic (exact) mass is 248 g/mol. The maximum Gasteiger partial charge on any atom is 0.419 e. The molecule has 0 spiro atoms. The van der Waals surface area contributed by atoms with E-state index in [4.69, 9.17) is 9.15 Å². The van der Waals surface area contributed by atoms with Crippen LogP contribution in [0.1, 0.15) is 5.56 Å². The third-order valence-electron chi connectivity index (χ3n) is 3.34. The van der Waals surface area contributed by atoms with E-state index < -0.39 is 0 Å². The predicted octanol–water partition coefficient (Wildman–Crippen LogP) is 0.662. The van der Waals surface area contributed by atoms with Crippen molar-refractivity contribution in [2.45, 2.75) is 12.5 Å². The number of nitrogens with one attached hydrogen (secondary N) is 1. The number of ether oxygens (including phenoxy) is 1. The fourth-order valence-corrected chi connectivity index (χ4v) is 2.33. The number of morpholine rings is 1. The minimum atomic E-state index is -0.318. The molecule has 1 aliphatic heterocycles. The molecular formula is C13H16N2O3. The lowest BCUT2D eigenvalue weighted by Crippen LogP contribution is -2.42. The third kappa shape index (κ3) is 2.07. The number of benzene rings is 1. The largest absolute Gasteiger partial charge is 0.419 e. The van der Waals surface area contributed by atoms with Crippen molar-refractivity contribution in [2.75, 3.05) is 19.8 Å². The van der Waals surface area contributed by atoms with Crippen LogP contribution >= 0.6 is 0 Å². The first-order valence-electron chi connectivity index (χ1n) is 6.13. The molecule has 0 amide bonds. The van der Waals surface area contributed by atoms with Crippen LogP contribution in [0.15, 0.2) is 27.4 Å². The Morgan fingerprint density at radius 1 is 1.50 bits per heavy atom. The Kier molecular flexibility index (Phi) is 2.93. The Morgan fingerprint density at radius 3 is 3.17 bits per heavy atom. The molecule has 1 N–H and O–H groups in total. The molecule has 0 bridgehead atoms. The van der Waals surface area contributed by atoms with Gasteiger partial charge in [-0.05, 0) is 24.1 Å². The molecule has 1 aromatic carbocycles. The van der Waals surface area contributed by atoms with Crippen LogP contribution in [0.5, 0.6) is 0 Å². The molecule has 1 atom stereocenters. The Hall–Kier alpha value is -1.59. The zero-order valence-electron chi connectivity index (χ0n) is 10.3. The molecule has 18 heavy (non-hydrogen) atoms. The van der Waals surface area contributed by atoms with E-state index in [1.54, 1.807) is 7.05 Å². The van der Waals surface area contributed by atoms with Crippen molar-refractivity contribution in [3.8, 4) is 0 Å². The van der Waals surface area contributed by atoms with Gasteiger partial charge in [0.1, 0.15) is 0 Å². The summed E-state index contributed by atoms with van der Waals surface area (Å²) in [5, 5.41) is 3.42. The van der Waals surface area contributed by atoms with Gasteiger partial charge in [0.15, 0.2) is 5.58 Å². The summed E-state index contributed by atoms with van der Waals surface area (Å²) in [4.78, 5) is 11.4. The van der Waals surface area contributed by atoms with Gasteiger partial charge in [-0.2, -0.15) is 0 Å². The molecule has 2 aromatic rings. The van der Waals surface area contributed by atoms with Crippen molar-refractivity contribution in [2.24, 2.45) is 7.05 Å². The Labute approximate surface area is 104 Å². The van der Waals surface area contributed by atoms with Gasteiger partial charge in [-0.25, -0.2) is 4.79 Å². The standard InChI is InChI=1S/C13H16N2O3/c1-15-11-7-9(2-3-12(11)18-13(15)16)6-10-8-17-5-4-14-10/h2-3,7,10,14H,4-6,8H2,1H3. The number of aryl methyl sites for hydroxylation is 1. The molecule has 1 unspecified atom stereocenters. The highest BCUT2D eigenvalue weighted by Crippen LogP contribution is 2.16. The molecule has 96 valence electrons. The number of oxazole rings is 1. The predicted molar refractivity (Wildman–Crippen MR) is 67.8 cm³/mol. The molecule has 3 rings (SSSR count). The van der Waals surface area contributed by atoms with Gasteiger partial charge >= 0.3 is 5.76 Å². The normalized spacial score (nSPS) is 20.4. The summed E-state index contributed by atoms with van der Waals surface area (Å²) in [5.74, 6) is -0.318. The van der Waals surface area contributed by atoms with Crippen LogP contribution in [-0.2, 0) is 18.2 Å². The van der Waals surface area contributed by atoms with E-state index in [2.05, 4.69) is 5.32 Å². The van der Waals surface area contributed by atoms with Gasteiger partial charge in [0, 0.05) is 19.6 Å². The number of fused-ring (bicyclic) bond motifs is 1. The second-order valence-electron chi connectivity index (χ2n) is 4.66. The number of hydrogen-bond donors (Lipinski definition) is 1. The van der Waals surface area contributed by atoms with E-state index >= 15 is 0 Å². The van der Waals surface area contributed by atoms with Gasteiger partial charge in [0.05, 0.1) is 18.7 Å². The number of aromatic nitrogens is 1. The van der Waals surface area contributed by atoms with Gasteiger partial charge in [0.2, 0.25) is 0 Å². The summed E-state index contributed by atoms with van der Waals surface area (Å²) in [5.41, 5.74) is 2.66. The smallest absolute Gasteiger partial charge is 0.408 e. The van der Waals surface area contributed by atoms with Crippen LogP contribution < -0.4 is 11.1 Å². The summed E-state index contributed by atoms with van der Waals surface area (Å²) < 4.78 is 12.1. The van der Waals surface area contributed by atoms with E-state index in [-0.39, 0.29) is 5.76 Å². The highest BCUT2D eigenvalue weighted by molar-refractivity contribution is 5.73. The average molecular weight is 248 g/mol. The number of hydrogen-bond acceptors (Lipinski definition) is 4. The summed E-state index contributed by atoms with van der Waals surface area (Å²) in [6, 6.07) is 6.22. The van der Waals surface area contributed by atoms with E-state index in [9.17, 15) is 4.79 Å². The van der Waals surface area contributed by atoms with Crippen molar-refractivity contribution in [3.63, 3.8) is 0 Å². The summed E-state index contributed by atoms with van der Waals surface area (Å²) >= 11 is 0. The Balaban J connectivity index is 1.88. The molecule has 1 aliphatic rings. The highest BCUT2D eigenvalue weighted by atomic mass is 16.5. The fourth-order valence-electron chi connectivity index (χ4n) is 2.33. The van der Waals surface area contributed by atoms with Crippen LogP contribution in [0.25, 0.3) is 11.1 Å². The first-order valence-corrected chi connectivity index (χ1v) is 6.13. The molecular weight excluding hydrogens is 232 g/mol. The minimum absolute atomic E-state index is 0.318. The molecule has 0 saturated carbocycles. The number of rotatable bonds is 2. The molecule has 5 nitrogen and oxygen atoms in total. The Morgan fingerprint density at radius 2 is 2.39 bits per heavy atom. The van der Waals surface area contributed by atoms with Crippen LogP contribution in [0.2, 0.25) is 0 Å². The topological polar surface area (TPSA) is 56.4 Å². The van der Waals surface area contributed by atoms with Gasteiger partial charge in [-0.15, -0.1) is 0 Å². The first kappa shape index (κ1) is 11.5. The van der Waals surface area contributed by atoms with E-state index in [1.165, 1.54) is 10.1 Å². The second-order valence-corrected chi connectivity index (χ2v) is 4.66. The fraction of sp³-hybridized carbons (Fsp3) is 0.462. The third-order valence-corrected chi connectivity index (χ3v) is 3.34. The van der Waals surface area contributed by atoms with Crippen LogP contribution in [0, 0.1) is 0 Å².